The van der Waals surface area contributed by atoms with E-state index in [1.807, 2.05) is 0 Å². The highest BCUT2D eigenvalue weighted by Gasteiger charge is 2.13. The molecule has 12 heavy (non-hydrogen) atoms. The van der Waals surface area contributed by atoms with Gasteiger partial charge in [0.15, 0.2) is 0 Å². The van der Waals surface area contributed by atoms with Gasteiger partial charge in [0, 0.05) is 0 Å². The van der Waals surface area contributed by atoms with Gasteiger partial charge in [0.2, 0.25) is 0 Å². The Labute approximate surface area is 84.2 Å². The largest absolute Gasteiger partial charge is 0.327 e. The van der Waals surface area contributed by atoms with Gasteiger partial charge in [-0.05, 0) is 12.1 Å². The average molecular weight is 299 g/mol. The molecule has 0 aliphatic carbocycles. The molecule has 0 heterocycles. The van der Waals surface area contributed by atoms with Gasteiger partial charge in [0.25, 0.3) is 10.1 Å². The molecule has 66 valence electrons. The van der Waals surface area contributed by atoms with E-state index in [0.29, 0.717) is 5.69 Å². The first kappa shape index (κ1) is 9.75. The lowest BCUT2D eigenvalue weighted by atomic mass is 10.3. The second-order valence-electron chi connectivity index (χ2n) is 2.07. The maximum Gasteiger partial charge on any atom is 0.296 e. The van der Waals surface area contributed by atoms with Crippen molar-refractivity contribution in [1.82, 2.24) is 0 Å². The SMILES string of the molecule is O=S(=O)(O)c1ccccc1NI. The fraction of sp³-hybridized carbons (Fsp3) is 0. The average Bonchev–Trinajstić information content (AvgIpc) is 2.03. The summed E-state index contributed by atoms with van der Waals surface area (Å²) in [7, 11) is -4.11. The van der Waals surface area contributed by atoms with Gasteiger partial charge in [0.1, 0.15) is 4.90 Å². The van der Waals surface area contributed by atoms with Crippen LogP contribution >= 0.6 is 22.9 Å². The number of anilines is 1. The molecule has 0 saturated heterocycles. The van der Waals surface area contributed by atoms with Crippen LogP contribution in [0.15, 0.2) is 29.2 Å². The van der Waals surface area contributed by atoms with Crippen LogP contribution in [-0.2, 0) is 10.1 Å². The Hall–Kier alpha value is -0.340. The van der Waals surface area contributed by atoms with Crippen LogP contribution in [0.2, 0.25) is 0 Å². The topological polar surface area (TPSA) is 66.4 Å². The van der Waals surface area contributed by atoms with Gasteiger partial charge in [-0.1, -0.05) is 12.1 Å². The molecular weight excluding hydrogens is 293 g/mol. The molecule has 1 rings (SSSR count). The van der Waals surface area contributed by atoms with Gasteiger partial charge < -0.3 is 3.53 Å². The van der Waals surface area contributed by atoms with Gasteiger partial charge in [-0.15, -0.1) is 0 Å². The molecule has 6 heteroatoms. The van der Waals surface area contributed by atoms with Crippen LogP contribution in [0.5, 0.6) is 0 Å². The van der Waals surface area contributed by atoms with Crippen molar-refractivity contribution in [3.8, 4) is 0 Å². The summed E-state index contributed by atoms with van der Waals surface area (Å²) < 4.78 is 32.8. The first-order chi connectivity index (χ1) is 5.55. The standard InChI is InChI=1S/C6H6INO3S/c7-8-5-3-1-2-4-6(5)12(9,10)11/h1-4,8H,(H,9,10,11). The molecule has 0 amide bonds. The minimum absolute atomic E-state index is 0.112. The molecule has 0 aliphatic heterocycles. The summed E-state index contributed by atoms with van der Waals surface area (Å²) in [5, 5.41) is 0. The Balaban J connectivity index is 3.33. The van der Waals surface area contributed by atoms with E-state index in [1.54, 1.807) is 41.1 Å². The Kier molecular flexibility index (Phi) is 2.91. The molecule has 0 radical (unpaired) electrons. The Morgan fingerprint density at radius 3 is 2.33 bits per heavy atom. The van der Waals surface area contributed by atoms with Crippen LogP contribution in [0, 0.1) is 0 Å². The van der Waals surface area contributed by atoms with Crippen LogP contribution < -0.4 is 3.53 Å². The molecule has 0 saturated carbocycles. The number of benzene rings is 1. The third-order valence-corrected chi connectivity index (χ3v) is 2.76. The van der Waals surface area contributed by atoms with E-state index >= 15 is 0 Å². The van der Waals surface area contributed by atoms with Crippen LogP contribution in [0.3, 0.4) is 0 Å². The summed E-state index contributed by atoms with van der Waals surface area (Å²) in [6.07, 6.45) is 0. The third-order valence-electron chi connectivity index (χ3n) is 1.27. The summed E-state index contributed by atoms with van der Waals surface area (Å²) in [6, 6.07) is 6.11. The lowest BCUT2D eigenvalue weighted by molar-refractivity contribution is 0.483. The number of nitrogens with one attached hydrogen (secondary N) is 1. The lowest BCUT2D eigenvalue weighted by Gasteiger charge is -2.02. The van der Waals surface area contributed by atoms with Crippen molar-refractivity contribution in [2.45, 2.75) is 4.90 Å². The summed E-state index contributed by atoms with van der Waals surface area (Å²) in [5.41, 5.74) is 0.376. The van der Waals surface area contributed by atoms with Crippen LogP contribution in [0.4, 0.5) is 5.69 Å². The Bertz CT molecular complexity index is 376. The predicted octanol–water partition coefficient (Wildman–Crippen LogP) is 1.70. The molecule has 2 N–H and O–H groups in total. The van der Waals surface area contributed by atoms with Crippen LogP contribution in [-0.4, -0.2) is 13.0 Å². The van der Waals surface area contributed by atoms with Crippen molar-refractivity contribution in [3.05, 3.63) is 24.3 Å². The third kappa shape index (κ3) is 2.08. The number of halogens is 1. The van der Waals surface area contributed by atoms with E-state index in [2.05, 4.69) is 3.53 Å². The van der Waals surface area contributed by atoms with E-state index in [0.717, 1.165) is 0 Å². The second kappa shape index (κ2) is 3.58. The molecule has 0 unspecified atom stereocenters. The van der Waals surface area contributed by atoms with Gasteiger partial charge in [-0.2, -0.15) is 8.42 Å². The second-order valence-corrected chi connectivity index (χ2v) is 4.00. The zero-order chi connectivity index (χ0) is 9.19. The van der Waals surface area contributed by atoms with Crippen molar-refractivity contribution >= 4 is 38.7 Å². The monoisotopic (exact) mass is 299 g/mol. The number of hydrogen-bond acceptors (Lipinski definition) is 3. The normalized spacial score (nSPS) is 11.2. The smallest absolute Gasteiger partial charge is 0.296 e. The minimum Gasteiger partial charge on any atom is -0.327 e. The fourth-order valence-electron chi connectivity index (χ4n) is 0.770. The summed E-state index contributed by atoms with van der Waals surface area (Å²) in [5.74, 6) is 0. The first-order valence-corrected chi connectivity index (χ1v) is 5.51. The maximum atomic E-state index is 10.7. The Morgan fingerprint density at radius 1 is 1.33 bits per heavy atom. The zero-order valence-corrected chi connectivity index (χ0v) is 8.83. The zero-order valence-electron chi connectivity index (χ0n) is 5.86. The highest BCUT2D eigenvalue weighted by Crippen LogP contribution is 2.21. The minimum atomic E-state index is -4.11. The molecule has 0 aliphatic rings. The number of hydrogen-bond donors (Lipinski definition) is 2. The summed E-state index contributed by atoms with van der Waals surface area (Å²) in [4.78, 5) is -0.112. The van der Waals surface area contributed by atoms with Crippen molar-refractivity contribution < 1.29 is 13.0 Å². The van der Waals surface area contributed by atoms with Gasteiger partial charge >= 0.3 is 0 Å². The van der Waals surface area contributed by atoms with Gasteiger partial charge in [-0.25, -0.2) is 0 Å². The van der Waals surface area contributed by atoms with Crippen molar-refractivity contribution in [1.29, 1.82) is 0 Å². The van der Waals surface area contributed by atoms with E-state index < -0.39 is 10.1 Å². The molecule has 0 spiro atoms. The Morgan fingerprint density at radius 2 is 1.92 bits per heavy atom. The molecule has 1 aromatic rings. The van der Waals surface area contributed by atoms with E-state index in [4.69, 9.17) is 4.55 Å². The highest BCUT2D eigenvalue weighted by atomic mass is 127. The molecule has 1 aromatic carbocycles. The maximum absolute atomic E-state index is 10.7. The van der Waals surface area contributed by atoms with Gasteiger partial charge in [-0.3, -0.25) is 4.55 Å². The molecule has 4 nitrogen and oxygen atoms in total. The number of rotatable bonds is 2. The van der Waals surface area contributed by atoms with Gasteiger partial charge in [0.05, 0.1) is 28.6 Å². The van der Waals surface area contributed by atoms with Crippen LogP contribution in [0.25, 0.3) is 0 Å². The highest BCUT2D eigenvalue weighted by molar-refractivity contribution is 14.1. The van der Waals surface area contributed by atoms with Crippen LogP contribution in [0.1, 0.15) is 0 Å². The fourth-order valence-corrected chi connectivity index (χ4v) is 2.07. The van der Waals surface area contributed by atoms with E-state index in [1.165, 1.54) is 6.07 Å². The molecular formula is C6H6INO3S. The first-order valence-electron chi connectivity index (χ1n) is 2.99. The predicted molar refractivity (Wildman–Crippen MR) is 53.9 cm³/mol. The summed E-state index contributed by atoms with van der Waals surface area (Å²) >= 11 is 1.79. The summed E-state index contributed by atoms with van der Waals surface area (Å²) in [6.45, 7) is 0. The van der Waals surface area contributed by atoms with E-state index in [-0.39, 0.29) is 4.90 Å². The molecule has 0 atom stereocenters. The van der Waals surface area contributed by atoms with Crippen molar-refractivity contribution in [2.75, 3.05) is 3.53 Å². The molecule has 0 bridgehead atoms. The quantitative estimate of drug-likeness (QED) is 0.495. The van der Waals surface area contributed by atoms with E-state index in [9.17, 15) is 8.42 Å². The van der Waals surface area contributed by atoms with Crippen molar-refractivity contribution in [3.63, 3.8) is 0 Å². The van der Waals surface area contributed by atoms with Crippen molar-refractivity contribution in [2.24, 2.45) is 0 Å². The number of para-hydroxylation sites is 1. The molecule has 0 fully saturated rings. The molecule has 0 aromatic heterocycles. The lowest BCUT2D eigenvalue weighted by Crippen LogP contribution is -2.00.